The standard InChI is InChI=1S/C20H21N3O3/c1-23-17-6-4-3-5-16(17)22-19(23)11-21-20(24)14-9-13-7-8-15(25-2)10-18(13)26-12-14/h3-8,10,14H,9,11-12H2,1-2H3,(H,21,24)/t14-/m1/s1. The van der Waals surface area contributed by atoms with E-state index in [-0.39, 0.29) is 11.8 Å². The van der Waals surface area contributed by atoms with Crippen LogP contribution in [0.1, 0.15) is 11.4 Å². The number of benzene rings is 2. The summed E-state index contributed by atoms with van der Waals surface area (Å²) in [4.78, 5) is 17.2. The van der Waals surface area contributed by atoms with Crippen LogP contribution in [0.25, 0.3) is 11.0 Å². The van der Waals surface area contributed by atoms with Crippen molar-refractivity contribution in [2.45, 2.75) is 13.0 Å². The van der Waals surface area contributed by atoms with Gasteiger partial charge in [-0.1, -0.05) is 18.2 Å². The molecule has 0 unspecified atom stereocenters. The van der Waals surface area contributed by atoms with E-state index in [0.29, 0.717) is 19.6 Å². The summed E-state index contributed by atoms with van der Waals surface area (Å²) in [5, 5.41) is 3.00. The molecule has 1 aliphatic heterocycles. The Morgan fingerprint density at radius 3 is 3.00 bits per heavy atom. The van der Waals surface area contributed by atoms with Gasteiger partial charge in [-0.2, -0.15) is 0 Å². The fourth-order valence-electron chi connectivity index (χ4n) is 3.31. The number of carbonyl (C=O) groups excluding carboxylic acids is 1. The number of carbonyl (C=O) groups is 1. The number of hydrogen-bond acceptors (Lipinski definition) is 4. The van der Waals surface area contributed by atoms with Crippen LogP contribution in [-0.4, -0.2) is 29.2 Å². The minimum absolute atomic E-state index is 0.0153. The fourth-order valence-corrected chi connectivity index (χ4v) is 3.31. The quantitative estimate of drug-likeness (QED) is 0.784. The molecule has 0 saturated carbocycles. The lowest BCUT2D eigenvalue weighted by atomic mass is 9.96. The van der Waals surface area contributed by atoms with E-state index in [9.17, 15) is 4.79 Å². The van der Waals surface area contributed by atoms with E-state index >= 15 is 0 Å². The van der Waals surface area contributed by atoms with E-state index in [1.54, 1.807) is 7.11 Å². The highest BCUT2D eigenvalue weighted by Gasteiger charge is 2.26. The Morgan fingerprint density at radius 1 is 1.35 bits per heavy atom. The second-order valence-corrected chi connectivity index (χ2v) is 6.48. The van der Waals surface area contributed by atoms with Crippen molar-refractivity contribution >= 4 is 16.9 Å². The number of hydrogen-bond donors (Lipinski definition) is 1. The Morgan fingerprint density at radius 2 is 2.19 bits per heavy atom. The normalized spacial score (nSPS) is 16.0. The highest BCUT2D eigenvalue weighted by molar-refractivity contribution is 5.80. The third-order valence-corrected chi connectivity index (χ3v) is 4.85. The zero-order valence-corrected chi connectivity index (χ0v) is 14.9. The summed E-state index contributed by atoms with van der Waals surface area (Å²) in [6.45, 7) is 0.768. The number of nitrogens with zero attached hydrogens (tertiary/aromatic N) is 2. The maximum absolute atomic E-state index is 12.6. The number of methoxy groups -OCH3 is 1. The van der Waals surface area contributed by atoms with Gasteiger partial charge < -0.3 is 19.4 Å². The molecule has 0 radical (unpaired) electrons. The Balaban J connectivity index is 1.42. The molecule has 0 bridgehead atoms. The highest BCUT2D eigenvalue weighted by atomic mass is 16.5. The molecular formula is C20H21N3O3. The van der Waals surface area contributed by atoms with Crippen molar-refractivity contribution in [3.8, 4) is 11.5 Å². The van der Waals surface area contributed by atoms with Crippen molar-refractivity contribution in [3.63, 3.8) is 0 Å². The Hall–Kier alpha value is -3.02. The molecule has 0 spiro atoms. The average molecular weight is 351 g/mol. The monoisotopic (exact) mass is 351 g/mol. The first-order valence-electron chi connectivity index (χ1n) is 8.63. The highest BCUT2D eigenvalue weighted by Crippen LogP contribution is 2.31. The number of para-hydroxylation sites is 2. The van der Waals surface area contributed by atoms with Crippen molar-refractivity contribution in [2.75, 3.05) is 13.7 Å². The van der Waals surface area contributed by atoms with E-state index in [0.717, 1.165) is 33.9 Å². The minimum Gasteiger partial charge on any atom is -0.497 e. The number of ether oxygens (including phenoxy) is 2. The number of aromatic nitrogens is 2. The molecule has 26 heavy (non-hydrogen) atoms. The SMILES string of the molecule is COc1ccc2c(c1)OC[C@H](C(=O)NCc1nc3ccccc3n1C)C2. The number of rotatable bonds is 4. The number of fused-ring (bicyclic) bond motifs is 2. The van der Waals surface area contributed by atoms with Crippen LogP contribution in [0.15, 0.2) is 42.5 Å². The second-order valence-electron chi connectivity index (χ2n) is 6.48. The molecule has 0 fully saturated rings. The first-order chi connectivity index (χ1) is 12.7. The van der Waals surface area contributed by atoms with Crippen molar-refractivity contribution in [1.29, 1.82) is 0 Å². The van der Waals surface area contributed by atoms with E-state index in [1.165, 1.54) is 0 Å². The van der Waals surface area contributed by atoms with Crippen LogP contribution in [0.4, 0.5) is 0 Å². The summed E-state index contributed by atoms with van der Waals surface area (Å²) < 4.78 is 13.0. The maximum Gasteiger partial charge on any atom is 0.227 e. The van der Waals surface area contributed by atoms with Gasteiger partial charge in [0.15, 0.2) is 0 Å². The second kappa shape index (κ2) is 6.71. The van der Waals surface area contributed by atoms with Crippen molar-refractivity contribution < 1.29 is 14.3 Å². The average Bonchev–Trinajstić information content (AvgIpc) is 3.01. The lowest BCUT2D eigenvalue weighted by molar-refractivity contribution is -0.126. The summed E-state index contributed by atoms with van der Waals surface area (Å²) in [7, 11) is 3.59. The molecule has 1 atom stereocenters. The zero-order valence-electron chi connectivity index (χ0n) is 14.9. The number of imidazole rings is 1. The van der Waals surface area contributed by atoms with Crippen molar-refractivity contribution in [2.24, 2.45) is 13.0 Å². The first-order valence-corrected chi connectivity index (χ1v) is 8.63. The van der Waals surface area contributed by atoms with Crippen LogP contribution in [0.5, 0.6) is 11.5 Å². The van der Waals surface area contributed by atoms with Crippen LogP contribution >= 0.6 is 0 Å². The number of aryl methyl sites for hydroxylation is 1. The van der Waals surface area contributed by atoms with Gasteiger partial charge in [0.05, 0.1) is 30.6 Å². The van der Waals surface area contributed by atoms with Gasteiger partial charge in [-0.3, -0.25) is 4.79 Å². The largest absolute Gasteiger partial charge is 0.497 e. The van der Waals surface area contributed by atoms with Gasteiger partial charge in [0, 0.05) is 13.1 Å². The van der Waals surface area contributed by atoms with Gasteiger partial charge >= 0.3 is 0 Å². The van der Waals surface area contributed by atoms with Crippen molar-refractivity contribution in [3.05, 3.63) is 53.9 Å². The smallest absolute Gasteiger partial charge is 0.227 e. The van der Waals surface area contributed by atoms with E-state index in [4.69, 9.17) is 9.47 Å². The van der Waals surface area contributed by atoms with E-state index < -0.39 is 0 Å². The van der Waals surface area contributed by atoms with E-state index in [2.05, 4.69) is 10.3 Å². The number of amides is 1. The summed E-state index contributed by atoms with van der Waals surface area (Å²) >= 11 is 0. The van der Waals surface area contributed by atoms with Gasteiger partial charge in [0.1, 0.15) is 23.9 Å². The summed E-state index contributed by atoms with van der Waals surface area (Å²) in [5.74, 6) is 2.17. The van der Waals surface area contributed by atoms with Gasteiger partial charge in [-0.15, -0.1) is 0 Å². The van der Waals surface area contributed by atoms with E-state index in [1.807, 2.05) is 54.1 Å². The molecule has 1 aliphatic rings. The molecule has 1 N–H and O–H groups in total. The molecule has 2 heterocycles. The summed E-state index contributed by atoms with van der Waals surface area (Å²) in [6, 6.07) is 13.7. The van der Waals surface area contributed by atoms with Crippen molar-refractivity contribution in [1.82, 2.24) is 14.9 Å². The maximum atomic E-state index is 12.6. The predicted molar refractivity (Wildman–Crippen MR) is 98.2 cm³/mol. The minimum atomic E-state index is -0.203. The molecule has 3 aromatic rings. The third kappa shape index (κ3) is 2.98. The molecule has 0 saturated heterocycles. The lowest BCUT2D eigenvalue weighted by Gasteiger charge is -2.25. The van der Waals surface area contributed by atoms with Gasteiger partial charge in [0.2, 0.25) is 5.91 Å². The van der Waals surface area contributed by atoms with Crippen LogP contribution < -0.4 is 14.8 Å². The fraction of sp³-hybridized carbons (Fsp3) is 0.300. The summed E-state index contributed by atoms with van der Waals surface area (Å²) in [5.41, 5.74) is 3.02. The summed E-state index contributed by atoms with van der Waals surface area (Å²) in [6.07, 6.45) is 0.660. The third-order valence-electron chi connectivity index (χ3n) is 4.85. The zero-order chi connectivity index (χ0) is 18.1. The topological polar surface area (TPSA) is 65.4 Å². The lowest BCUT2D eigenvalue weighted by Crippen LogP contribution is -2.37. The van der Waals surface area contributed by atoms with Gasteiger partial charge in [-0.05, 0) is 30.2 Å². The van der Waals surface area contributed by atoms with Crippen LogP contribution in [0, 0.1) is 5.92 Å². The Kier molecular flexibility index (Phi) is 4.24. The van der Waals surface area contributed by atoms with Crippen LogP contribution in [0.2, 0.25) is 0 Å². The van der Waals surface area contributed by atoms with Gasteiger partial charge in [0.25, 0.3) is 0 Å². The molecule has 134 valence electrons. The number of nitrogens with one attached hydrogen (secondary N) is 1. The van der Waals surface area contributed by atoms with Gasteiger partial charge in [-0.25, -0.2) is 4.98 Å². The first kappa shape index (κ1) is 16.4. The molecule has 2 aromatic carbocycles. The molecule has 6 nitrogen and oxygen atoms in total. The molecule has 0 aliphatic carbocycles. The molecular weight excluding hydrogens is 330 g/mol. The molecule has 1 aromatic heterocycles. The molecule has 4 rings (SSSR count). The molecule has 1 amide bonds. The predicted octanol–water partition coefficient (Wildman–Crippen LogP) is 2.45. The van der Waals surface area contributed by atoms with Crippen LogP contribution in [-0.2, 0) is 24.8 Å². The Labute approximate surface area is 151 Å². The van der Waals surface area contributed by atoms with Crippen LogP contribution in [0.3, 0.4) is 0 Å². The Bertz CT molecular complexity index is 964. The molecule has 6 heteroatoms.